The standard InChI is InChI=1S/C27H25F3N6OS/c1-34(2)11-5-9-25(37)35-15-22(21-13-18(14-32)38-24(21)17-35)19-7-3-4-8-20(19)23-16-36(12-6-10-31)33-26(23)27(28,29)30/h3-5,7-9,13,16,22H,6,11-12,15,17H2,1-2H3/b9-5+. The van der Waals surface area contributed by atoms with Gasteiger partial charge >= 0.3 is 6.18 Å². The molecule has 1 atom stereocenters. The van der Waals surface area contributed by atoms with Crippen LogP contribution in [0.5, 0.6) is 0 Å². The molecule has 196 valence electrons. The third kappa shape index (κ3) is 5.80. The molecular weight excluding hydrogens is 513 g/mol. The highest BCUT2D eigenvalue weighted by Crippen LogP contribution is 2.44. The average Bonchev–Trinajstić information content (AvgIpc) is 3.51. The van der Waals surface area contributed by atoms with Crippen molar-refractivity contribution in [3.05, 3.63) is 75.3 Å². The number of likely N-dealkylation sites (N-methyl/N-ethyl adjacent to an activating group) is 1. The number of carbonyl (C=O) groups is 1. The monoisotopic (exact) mass is 538 g/mol. The highest BCUT2D eigenvalue weighted by atomic mass is 32.1. The molecule has 1 amide bonds. The number of nitrogens with zero attached hydrogens (tertiary/aromatic N) is 6. The number of benzene rings is 1. The van der Waals surface area contributed by atoms with Crippen molar-refractivity contribution in [1.82, 2.24) is 19.6 Å². The van der Waals surface area contributed by atoms with Gasteiger partial charge in [0.25, 0.3) is 0 Å². The van der Waals surface area contributed by atoms with Gasteiger partial charge in [-0.25, -0.2) is 0 Å². The molecular formula is C27H25F3N6OS. The number of aromatic nitrogens is 2. The Balaban J connectivity index is 1.81. The molecule has 2 aromatic heterocycles. The molecule has 0 fully saturated rings. The van der Waals surface area contributed by atoms with E-state index in [9.17, 15) is 23.2 Å². The van der Waals surface area contributed by atoms with E-state index in [2.05, 4.69) is 11.2 Å². The summed E-state index contributed by atoms with van der Waals surface area (Å²) < 4.78 is 43.3. The van der Waals surface area contributed by atoms with Crippen molar-refractivity contribution in [3.8, 4) is 23.3 Å². The molecule has 1 aromatic carbocycles. The molecule has 7 nitrogen and oxygen atoms in total. The summed E-state index contributed by atoms with van der Waals surface area (Å²) in [7, 11) is 3.78. The number of rotatable bonds is 7. The van der Waals surface area contributed by atoms with E-state index >= 15 is 0 Å². The second kappa shape index (κ2) is 11.2. The minimum Gasteiger partial charge on any atom is -0.333 e. The summed E-state index contributed by atoms with van der Waals surface area (Å²) in [6.45, 7) is 1.20. The van der Waals surface area contributed by atoms with E-state index in [-0.39, 0.29) is 31.0 Å². The quantitative estimate of drug-likeness (QED) is 0.395. The van der Waals surface area contributed by atoms with E-state index in [1.165, 1.54) is 23.6 Å². The summed E-state index contributed by atoms with van der Waals surface area (Å²) in [6, 6.07) is 12.6. The van der Waals surface area contributed by atoms with E-state index < -0.39 is 17.8 Å². The molecule has 1 unspecified atom stereocenters. The van der Waals surface area contributed by atoms with Gasteiger partial charge in [0.05, 0.1) is 25.6 Å². The van der Waals surface area contributed by atoms with E-state index in [0.717, 1.165) is 15.1 Å². The number of nitriles is 2. The van der Waals surface area contributed by atoms with Gasteiger partial charge in [0.15, 0.2) is 5.69 Å². The SMILES string of the molecule is CN(C)C/C=C/C(=O)N1Cc2sc(C#N)cc2C(c2ccccc2-c2cn(CCC#N)nc2C(F)(F)F)C1. The molecule has 0 aliphatic carbocycles. The lowest BCUT2D eigenvalue weighted by atomic mass is 9.83. The highest BCUT2D eigenvalue weighted by molar-refractivity contribution is 7.12. The van der Waals surface area contributed by atoms with Gasteiger partial charge in [0, 0.05) is 41.7 Å². The molecule has 1 aliphatic heterocycles. The van der Waals surface area contributed by atoms with Gasteiger partial charge in [-0.2, -0.15) is 28.8 Å². The second-order valence-electron chi connectivity index (χ2n) is 9.18. The number of carbonyl (C=O) groups excluding carboxylic acids is 1. The molecule has 3 aromatic rings. The number of halogens is 3. The Morgan fingerprint density at radius 3 is 2.68 bits per heavy atom. The first kappa shape index (κ1) is 27.1. The zero-order valence-electron chi connectivity index (χ0n) is 20.9. The summed E-state index contributed by atoms with van der Waals surface area (Å²) in [5.74, 6) is -0.643. The lowest BCUT2D eigenvalue weighted by molar-refractivity contribution is -0.141. The van der Waals surface area contributed by atoms with Crippen molar-refractivity contribution in [3.63, 3.8) is 0 Å². The fourth-order valence-electron chi connectivity index (χ4n) is 4.53. The van der Waals surface area contributed by atoms with Gasteiger partial charge in [0.2, 0.25) is 5.91 Å². The Bertz CT molecular complexity index is 1440. The number of amides is 1. The molecule has 1 aliphatic rings. The van der Waals surface area contributed by atoms with Gasteiger partial charge < -0.3 is 9.80 Å². The fraction of sp³-hybridized carbons (Fsp3) is 0.333. The van der Waals surface area contributed by atoms with Crippen molar-refractivity contribution in [2.75, 3.05) is 27.2 Å². The number of aryl methyl sites for hydroxylation is 1. The first-order valence-corrected chi connectivity index (χ1v) is 12.7. The van der Waals surface area contributed by atoms with Crippen LogP contribution >= 0.6 is 11.3 Å². The Hall–Kier alpha value is -3.93. The predicted octanol–water partition coefficient (Wildman–Crippen LogP) is 5.01. The van der Waals surface area contributed by atoms with Crippen LogP contribution in [0.15, 0.2) is 48.7 Å². The maximum atomic E-state index is 14.0. The van der Waals surface area contributed by atoms with Crippen molar-refractivity contribution in [2.24, 2.45) is 0 Å². The first-order chi connectivity index (χ1) is 18.1. The molecule has 4 rings (SSSR count). The Morgan fingerprint density at radius 2 is 2.00 bits per heavy atom. The average molecular weight is 539 g/mol. The summed E-state index contributed by atoms with van der Waals surface area (Å²) in [4.78, 5) is 18.0. The zero-order chi connectivity index (χ0) is 27.4. The zero-order valence-corrected chi connectivity index (χ0v) is 21.7. The topological polar surface area (TPSA) is 89.0 Å². The maximum absolute atomic E-state index is 14.0. The first-order valence-electron chi connectivity index (χ1n) is 11.9. The van der Waals surface area contributed by atoms with Crippen LogP contribution in [0.3, 0.4) is 0 Å². The summed E-state index contributed by atoms with van der Waals surface area (Å²) >= 11 is 1.29. The van der Waals surface area contributed by atoms with Crippen molar-refractivity contribution < 1.29 is 18.0 Å². The number of fused-ring (bicyclic) bond motifs is 1. The van der Waals surface area contributed by atoms with Crippen LogP contribution < -0.4 is 0 Å². The molecule has 0 bridgehead atoms. The predicted molar refractivity (Wildman–Crippen MR) is 137 cm³/mol. The van der Waals surface area contributed by atoms with Gasteiger partial charge in [-0.05, 0) is 36.9 Å². The molecule has 38 heavy (non-hydrogen) atoms. The van der Waals surface area contributed by atoms with Crippen LogP contribution in [0.2, 0.25) is 0 Å². The van der Waals surface area contributed by atoms with E-state index in [0.29, 0.717) is 29.1 Å². The summed E-state index contributed by atoms with van der Waals surface area (Å²) in [5, 5.41) is 22.2. The van der Waals surface area contributed by atoms with Gasteiger partial charge in [-0.15, -0.1) is 11.3 Å². The summed E-state index contributed by atoms with van der Waals surface area (Å²) in [6.07, 6.45) is -0.0805. The second-order valence-corrected chi connectivity index (χ2v) is 10.3. The molecule has 3 heterocycles. The van der Waals surface area contributed by atoms with Crippen LogP contribution in [-0.4, -0.2) is 52.7 Å². The maximum Gasteiger partial charge on any atom is 0.435 e. The number of thiophene rings is 1. The van der Waals surface area contributed by atoms with Crippen LogP contribution in [0.4, 0.5) is 13.2 Å². The van der Waals surface area contributed by atoms with Crippen LogP contribution in [0.25, 0.3) is 11.1 Å². The van der Waals surface area contributed by atoms with Crippen LogP contribution in [-0.2, 0) is 24.1 Å². The number of hydrogen-bond donors (Lipinski definition) is 0. The van der Waals surface area contributed by atoms with Gasteiger partial charge in [0.1, 0.15) is 10.9 Å². The molecule has 0 spiro atoms. The highest BCUT2D eigenvalue weighted by Gasteiger charge is 2.39. The third-order valence-electron chi connectivity index (χ3n) is 6.22. The van der Waals surface area contributed by atoms with E-state index in [1.54, 1.807) is 41.3 Å². The molecule has 0 saturated heterocycles. The third-order valence-corrected chi connectivity index (χ3v) is 7.26. The van der Waals surface area contributed by atoms with Crippen molar-refractivity contribution >= 4 is 17.2 Å². The van der Waals surface area contributed by atoms with E-state index in [4.69, 9.17) is 5.26 Å². The van der Waals surface area contributed by atoms with Crippen LogP contribution in [0, 0.1) is 22.7 Å². The number of alkyl halides is 3. The van der Waals surface area contributed by atoms with E-state index in [1.807, 2.05) is 25.1 Å². The molecule has 0 saturated carbocycles. The minimum absolute atomic E-state index is 0.0241. The normalized spacial score (nSPS) is 15.5. The Morgan fingerprint density at radius 1 is 1.24 bits per heavy atom. The van der Waals surface area contributed by atoms with Gasteiger partial charge in [-0.3, -0.25) is 9.48 Å². The largest absolute Gasteiger partial charge is 0.435 e. The minimum atomic E-state index is -4.70. The molecule has 0 N–H and O–H groups in total. The fourth-order valence-corrected chi connectivity index (χ4v) is 5.57. The van der Waals surface area contributed by atoms with Crippen LogP contribution in [0.1, 0.15) is 38.9 Å². The lowest BCUT2D eigenvalue weighted by Crippen LogP contribution is -2.37. The summed E-state index contributed by atoms with van der Waals surface area (Å²) in [5.41, 5.74) is 0.683. The Kier molecular flexibility index (Phi) is 8.00. The smallest absolute Gasteiger partial charge is 0.333 e. The van der Waals surface area contributed by atoms with Gasteiger partial charge in [-0.1, -0.05) is 30.3 Å². The molecule has 11 heteroatoms. The lowest BCUT2D eigenvalue weighted by Gasteiger charge is -2.33. The van der Waals surface area contributed by atoms with Crippen molar-refractivity contribution in [2.45, 2.75) is 31.6 Å². The molecule has 0 radical (unpaired) electrons. The number of hydrogen-bond acceptors (Lipinski definition) is 6. The van der Waals surface area contributed by atoms with Crippen molar-refractivity contribution in [1.29, 1.82) is 10.5 Å². The Labute approximate surface area is 222 Å².